The van der Waals surface area contributed by atoms with E-state index < -0.39 is 5.92 Å². The van der Waals surface area contributed by atoms with Gasteiger partial charge in [-0.1, -0.05) is 19.1 Å². The maximum Gasteiger partial charge on any atom is 0.253 e. The summed E-state index contributed by atoms with van der Waals surface area (Å²) in [6, 6.07) is 15.4. The van der Waals surface area contributed by atoms with Gasteiger partial charge in [-0.05, 0) is 71.8 Å². The largest absolute Gasteiger partial charge is 0.508 e. The Morgan fingerprint density at radius 3 is 2.53 bits per heavy atom. The Balaban J connectivity index is 1.38. The normalized spacial score (nSPS) is 16.9. The number of carbonyl (C=O) groups excluding carboxylic acids is 2. The molecule has 182 valence electrons. The van der Waals surface area contributed by atoms with Gasteiger partial charge in [0, 0.05) is 37.6 Å². The molecule has 0 aliphatic heterocycles. The summed E-state index contributed by atoms with van der Waals surface area (Å²) in [5.41, 5.74) is 5.19. The molecule has 4 aromatic rings. The Kier molecular flexibility index (Phi) is 6.14. The van der Waals surface area contributed by atoms with Gasteiger partial charge in [0.1, 0.15) is 11.5 Å². The lowest BCUT2D eigenvalue weighted by Crippen LogP contribution is -2.28. The predicted octanol–water partition coefficient (Wildman–Crippen LogP) is 4.86. The molecule has 1 aromatic heterocycles. The number of Topliss-reactive ketones (excluding diaryl/α,β-unsaturated/α-hetero) is 1. The van der Waals surface area contributed by atoms with Crippen molar-refractivity contribution in [3.8, 4) is 11.5 Å². The topological polar surface area (TPSA) is 104 Å². The molecule has 0 saturated heterocycles. The zero-order valence-electron chi connectivity index (χ0n) is 20.2. The second kappa shape index (κ2) is 9.41. The summed E-state index contributed by atoms with van der Waals surface area (Å²) in [5, 5.41) is 19.8. The highest BCUT2D eigenvalue weighted by Gasteiger charge is 2.34. The van der Waals surface area contributed by atoms with Crippen LogP contribution in [0.3, 0.4) is 0 Å². The summed E-state index contributed by atoms with van der Waals surface area (Å²) in [4.78, 5) is 36.9. The summed E-state index contributed by atoms with van der Waals surface area (Å²) >= 11 is 0. The third-order valence-corrected chi connectivity index (χ3v) is 6.99. The summed E-state index contributed by atoms with van der Waals surface area (Å²) in [6.45, 7) is 2.46. The van der Waals surface area contributed by atoms with E-state index in [-0.39, 0.29) is 34.7 Å². The van der Waals surface area contributed by atoms with E-state index in [2.05, 4.69) is 9.97 Å². The highest BCUT2D eigenvalue weighted by Crippen LogP contribution is 2.40. The fourth-order valence-corrected chi connectivity index (χ4v) is 5.08. The van der Waals surface area contributed by atoms with Crippen LogP contribution in [0.5, 0.6) is 11.5 Å². The highest BCUT2D eigenvalue weighted by atomic mass is 16.3. The molecule has 0 spiro atoms. The lowest BCUT2D eigenvalue weighted by Gasteiger charge is -2.31. The van der Waals surface area contributed by atoms with Crippen molar-refractivity contribution in [2.75, 3.05) is 7.05 Å². The molecule has 7 heteroatoms. The number of carbonyl (C=O) groups is 2. The maximum atomic E-state index is 13.4. The third-order valence-electron chi connectivity index (χ3n) is 6.99. The number of ketones is 1. The second-order valence-electron chi connectivity index (χ2n) is 9.51. The molecule has 0 fully saturated rings. The van der Waals surface area contributed by atoms with Crippen LogP contribution >= 0.6 is 0 Å². The van der Waals surface area contributed by atoms with E-state index in [1.807, 2.05) is 37.3 Å². The molecule has 5 rings (SSSR count). The van der Waals surface area contributed by atoms with Crippen molar-refractivity contribution in [1.29, 1.82) is 0 Å². The van der Waals surface area contributed by atoms with Gasteiger partial charge in [-0.25, -0.2) is 0 Å². The van der Waals surface area contributed by atoms with Gasteiger partial charge in [0.05, 0.1) is 22.5 Å². The van der Waals surface area contributed by atoms with Crippen molar-refractivity contribution < 1.29 is 19.8 Å². The molecular formula is C29H27N3O4. The summed E-state index contributed by atoms with van der Waals surface area (Å²) in [7, 11) is 1.77. The highest BCUT2D eigenvalue weighted by molar-refractivity contribution is 6.04. The SMILES string of the molecule is CC1CCc2cc(C(=O)N(C)Cc3ccc4nccnc4c3)ccc2C1C(=O)c1ccc(O)cc1O. The molecule has 36 heavy (non-hydrogen) atoms. The van der Waals surface area contributed by atoms with Crippen molar-refractivity contribution in [3.63, 3.8) is 0 Å². The summed E-state index contributed by atoms with van der Waals surface area (Å²) in [5.74, 6) is -0.952. The van der Waals surface area contributed by atoms with Crippen LogP contribution in [-0.4, -0.2) is 43.8 Å². The van der Waals surface area contributed by atoms with Gasteiger partial charge in [0.25, 0.3) is 5.91 Å². The Hall–Kier alpha value is -4.26. The minimum atomic E-state index is -0.426. The monoisotopic (exact) mass is 481 g/mol. The second-order valence-corrected chi connectivity index (χ2v) is 9.51. The molecule has 2 atom stereocenters. The van der Waals surface area contributed by atoms with Crippen molar-refractivity contribution >= 4 is 22.7 Å². The zero-order chi connectivity index (χ0) is 25.4. The first-order valence-corrected chi connectivity index (χ1v) is 12.0. The standard InChI is InChI=1S/C29H27N3O4/c1-17-3-5-19-14-20(6-8-22(19)27(17)28(35)23-9-7-21(33)15-26(23)34)29(36)32(2)16-18-4-10-24-25(13-18)31-12-11-30-24/h4,6-15,17,27,33-34H,3,5,16H2,1-2H3. The number of aryl methyl sites for hydroxylation is 1. The molecule has 1 aliphatic rings. The Morgan fingerprint density at radius 1 is 0.972 bits per heavy atom. The first kappa shape index (κ1) is 23.5. The van der Waals surface area contributed by atoms with Crippen LogP contribution in [0.4, 0.5) is 0 Å². The van der Waals surface area contributed by atoms with E-state index in [1.54, 1.807) is 30.4 Å². The van der Waals surface area contributed by atoms with E-state index in [0.29, 0.717) is 12.1 Å². The average Bonchev–Trinajstić information content (AvgIpc) is 2.87. The van der Waals surface area contributed by atoms with Crippen LogP contribution in [0.2, 0.25) is 0 Å². The van der Waals surface area contributed by atoms with Gasteiger partial charge in [0.15, 0.2) is 5.78 Å². The number of nitrogens with zero attached hydrogens (tertiary/aromatic N) is 3. The van der Waals surface area contributed by atoms with Crippen LogP contribution in [0.25, 0.3) is 11.0 Å². The number of hydrogen-bond acceptors (Lipinski definition) is 6. The predicted molar refractivity (Wildman–Crippen MR) is 136 cm³/mol. The number of hydrogen-bond donors (Lipinski definition) is 2. The van der Waals surface area contributed by atoms with Gasteiger partial charge in [-0.15, -0.1) is 0 Å². The van der Waals surface area contributed by atoms with Crippen LogP contribution in [-0.2, 0) is 13.0 Å². The molecule has 0 saturated carbocycles. The number of aromatic hydroxyl groups is 2. The molecule has 1 amide bonds. The first-order chi connectivity index (χ1) is 17.3. The summed E-state index contributed by atoms with van der Waals surface area (Å²) < 4.78 is 0. The lowest BCUT2D eigenvalue weighted by molar-refractivity contribution is 0.0785. The van der Waals surface area contributed by atoms with Crippen LogP contribution in [0, 0.1) is 5.92 Å². The number of fused-ring (bicyclic) bond motifs is 2. The van der Waals surface area contributed by atoms with E-state index in [4.69, 9.17) is 0 Å². The minimum absolute atomic E-state index is 0.0819. The fourth-order valence-electron chi connectivity index (χ4n) is 5.08. The van der Waals surface area contributed by atoms with E-state index in [0.717, 1.165) is 40.6 Å². The summed E-state index contributed by atoms with van der Waals surface area (Å²) in [6.07, 6.45) is 4.87. The Morgan fingerprint density at radius 2 is 1.75 bits per heavy atom. The molecule has 0 bridgehead atoms. The van der Waals surface area contributed by atoms with Gasteiger partial charge in [-0.2, -0.15) is 0 Å². The van der Waals surface area contributed by atoms with Crippen molar-refractivity contribution in [3.05, 3.63) is 94.8 Å². The van der Waals surface area contributed by atoms with E-state index in [9.17, 15) is 19.8 Å². The minimum Gasteiger partial charge on any atom is -0.508 e. The third kappa shape index (κ3) is 4.40. The molecule has 7 nitrogen and oxygen atoms in total. The fraction of sp³-hybridized carbons (Fsp3) is 0.241. The molecule has 3 aromatic carbocycles. The molecular weight excluding hydrogens is 454 g/mol. The average molecular weight is 482 g/mol. The molecule has 2 unspecified atom stereocenters. The van der Waals surface area contributed by atoms with Crippen LogP contribution in [0.1, 0.15) is 56.7 Å². The van der Waals surface area contributed by atoms with Crippen LogP contribution in [0.15, 0.2) is 67.0 Å². The van der Waals surface area contributed by atoms with Gasteiger partial charge < -0.3 is 15.1 Å². The lowest BCUT2D eigenvalue weighted by atomic mass is 9.72. The molecule has 2 N–H and O–H groups in total. The van der Waals surface area contributed by atoms with Gasteiger partial charge in [0.2, 0.25) is 0 Å². The molecule has 1 aliphatic carbocycles. The van der Waals surface area contributed by atoms with E-state index >= 15 is 0 Å². The Labute approximate surface area is 209 Å². The van der Waals surface area contributed by atoms with Crippen LogP contribution < -0.4 is 0 Å². The maximum absolute atomic E-state index is 13.4. The Bertz CT molecular complexity index is 1480. The van der Waals surface area contributed by atoms with E-state index in [1.165, 1.54) is 18.2 Å². The number of phenols is 2. The number of amides is 1. The number of benzene rings is 3. The zero-order valence-corrected chi connectivity index (χ0v) is 20.2. The first-order valence-electron chi connectivity index (χ1n) is 12.0. The smallest absolute Gasteiger partial charge is 0.253 e. The molecule has 1 heterocycles. The quantitative estimate of drug-likeness (QED) is 0.395. The van der Waals surface area contributed by atoms with Crippen molar-refractivity contribution in [2.24, 2.45) is 5.92 Å². The van der Waals surface area contributed by atoms with Gasteiger partial charge in [-0.3, -0.25) is 19.6 Å². The van der Waals surface area contributed by atoms with Crippen molar-refractivity contribution in [1.82, 2.24) is 14.9 Å². The van der Waals surface area contributed by atoms with Gasteiger partial charge >= 0.3 is 0 Å². The van der Waals surface area contributed by atoms with Crippen molar-refractivity contribution in [2.45, 2.75) is 32.2 Å². The number of rotatable bonds is 5. The number of aromatic nitrogens is 2. The number of phenolic OH excluding ortho intramolecular Hbond substituents is 2. The molecule has 0 radical (unpaired) electrons.